The van der Waals surface area contributed by atoms with Gasteiger partial charge >= 0.3 is 0 Å². The average molecular weight is 615 g/mol. The summed E-state index contributed by atoms with van der Waals surface area (Å²) < 4.78 is 10.6. The number of hydrogen-bond donors (Lipinski definition) is 1. The Labute approximate surface area is 265 Å². The number of imidazole rings is 1. The highest BCUT2D eigenvalue weighted by Crippen LogP contribution is 2.42. The molecule has 3 atom stereocenters. The van der Waals surface area contributed by atoms with E-state index < -0.39 is 0 Å². The molecule has 2 saturated carbocycles. The van der Waals surface area contributed by atoms with Crippen molar-refractivity contribution in [2.45, 2.75) is 50.4 Å². The summed E-state index contributed by atoms with van der Waals surface area (Å²) in [5, 5.41) is 10.2. The minimum Gasteiger partial charge on any atom is -0.494 e. The van der Waals surface area contributed by atoms with Gasteiger partial charge in [0.2, 0.25) is 5.82 Å². The van der Waals surface area contributed by atoms with Crippen molar-refractivity contribution >= 4 is 33.7 Å². The molecule has 5 aromatic rings. The summed E-state index contributed by atoms with van der Waals surface area (Å²) in [7, 11) is 1.66. The normalized spacial score (nSPS) is 22.5. The van der Waals surface area contributed by atoms with E-state index >= 15 is 0 Å². The highest BCUT2D eigenvalue weighted by atomic mass is 16.5. The molecule has 1 aromatic carbocycles. The maximum absolute atomic E-state index is 13.9. The zero-order valence-corrected chi connectivity index (χ0v) is 25.6. The number of methoxy groups -OCH3 is 1. The summed E-state index contributed by atoms with van der Waals surface area (Å²) in [6.07, 6.45) is 9.72. The lowest BCUT2D eigenvalue weighted by Gasteiger charge is -2.42. The van der Waals surface area contributed by atoms with E-state index in [2.05, 4.69) is 36.1 Å². The monoisotopic (exact) mass is 614 g/mol. The molecule has 12 nitrogen and oxygen atoms in total. The summed E-state index contributed by atoms with van der Waals surface area (Å²) in [6.45, 7) is 2.99. The molecule has 2 aliphatic heterocycles. The van der Waals surface area contributed by atoms with E-state index in [1.807, 2.05) is 35.4 Å². The Morgan fingerprint density at radius 3 is 2.61 bits per heavy atom. The standard InChI is InChI=1S/C34H34N10O2/c1-46-28-11-22(34(45)43-16-21-6-7-26(43)30(21)36)9-25-31(28)44(24-17-41(18-24)23-13-38-29(12-35)39-14-23)33(40-25)27-10-20-3-2-8-37-32(20)42(27)15-19-4-5-19/h2-3,8-11,13-14,19,21,24,26,30H,4-7,15-18,36H2,1H3/t21?,26?,30-/m1/s1. The molecule has 232 valence electrons. The second-order valence-electron chi connectivity index (χ2n) is 13.2. The van der Waals surface area contributed by atoms with Crippen molar-refractivity contribution in [1.82, 2.24) is 34.0 Å². The van der Waals surface area contributed by atoms with E-state index in [4.69, 9.17) is 25.7 Å². The lowest BCUT2D eigenvalue weighted by molar-refractivity contribution is 0.0700. The zero-order chi connectivity index (χ0) is 31.1. The molecular weight excluding hydrogens is 580 g/mol. The third kappa shape index (κ3) is 4.18. The van der Waals surface area contributed by atoms with Crippen LogP contribution in [0.2, 0.25) is 0 Å². The van der Waals surface area contributed by atoms with Crippen LogP contribution in [-0.2, 0) is 6.54 Å². The number of anilines is 1. The van der Waals surface area contributed by atoms with Gasteiger partial charge in [-0.15, -0.1) is 0 Å². The molecule has 2 N–H and O–H groups in total. The second-order valence-corrected chi connectivity index (χ2v) is 13.2. The number of aromatic nitrogens is 6. The Kier molecular flexibility index (Phi) is 6.08. The molecule has 4 aromatic heterocycles. The van der Waals surface area contributed by atoms with Crippen LogP contribution in [0.15, 0.2) is 48.9 Å². The predicted molar refractivity (Wildman–Crippen MR) is 171 cm³/mol. The Hall–Kier alpha value is -5.02. The first-order chi connectivity index (χ1) is 22.5. The Morgan fingerprint density at radius 2 is 1.91 bits per heavy atom. The van der Waals surface area contributed by atoms with E-state index in [0.717, 1.165) is 58.7 Å². The van der Waals surface area contributed by atoms with Gasteiger partial charge in [-0.1, -0.05) is 0 Å². The Balaban J connectivity index is 1.17. The number of nitriles is 1. The molecule has 0 spiro atoms. The molecule has 12 heteroatoms. The van der Waals surface area contributed by atoms with E-state index in [-0.39, 0.29) is 29.9 Å². The van der Waals surface area contributed by atoms with Gasteiger partial charge in [0.05, 0.1) is 42.4 Å². The third-order valence-electron chi connectivity index (χ3n) is 10.5. The first kappa shape index (κ1) is 27.3. The second kappa shape index (κ2) is 10.3. The fourth-order valence-corrected chi connectivity index (χ4v) is 7.84. The van der Waals surface area contributed by atoms with Crippen molar-refractivity contribution in [2.75, 3.05) is 31.6 Å². The lowest BCUT2D eigenvalue weighted by Crippen LogP contribution is -2.48. The van der Waals surface area contributed by atoms with Crippen LogP contribution in [0.1, 0.15) is 47.9 Å². The van der Waals surface area contributed by atoms with Crippen molar-refractivity contribution < 1.29 is 9.53 Å². The van der Waals surface area contributed by atoms with Gasteiger partial charge in [0.25, 0.3) is 5.91 Å². The lowest BCUT2D eigenvalue weighted by atomic mass is 10.1. The van der Waals surface area contributed by atoms with Gasteiger partial charge in [-0.05, 0) is 67.9 Å². The van der Waals surface area contributed by atoms with E-state index in [0.29, 0.717) is 42.8 Å². The number of benzene rings is 1. The van der Waals surface area contributed by atoms with Crippen molar-refractivity contribution in [3.05, 3.63) is 60.3 Å². The molecule has 1 amide bonds. The number of ether oxygens (including phenoxy) is 1. The molecule has 46 heavy (non-hydrogen) atoms. The number of pyridine rings is 1. The van der Waals surface area contributed by atoms with Gasteiger partial charge in [0, 0.05) is 55.4 Å². The van der Waals surface area contributed by atoms with Gasteiger partial charge < -0.3 is 29.4 Å². The van der Waals surface area contributed by atoms with Gasteiger partial charge in [-0.25, -0.2) is 19.9 Å². The van der Waals surface area contributed by atoms with Gasteiger partial charge in [0.1, 0.15) is 23.0 Å². The summed E-state index contributed by atoms with van der Waals surface area (Å²) in [5.74, 6) is 2.60. The van der Waals surface area contributed by atoms with Crippen LogP contribution in [0.25, 0.3) is 33.6 Å². The molecule has 2 unspecified atom stereocenters. The Morgan fingerprint density at radius 1 is 1.09 bits per heavy atom. The van der Waals surface area contributed by atoms with Crippen molar-refractivity contribution in [3.63, 3.8) is 0 Å². The smallest absolute Gasteiger partial charge is 0.254 e. The number of rotatable bonds is 7. The first-order valence-electron chi connectivity index (χ1n) is 16.1. The van der Waals surface area contributed by atoms with Crippen LogP contribution in [0, 0.1) is 23.2 Å². The number of likely N-dealkylation sites (tertiary alicyclic amines) is 1. The molecule has 4 fully saturated rings. The molecular formula is C34H34N10O2. The zero-order valence-electron chi connectivity index (χ0n) is 25.6. The quantitative estimate of drug-likeness (QED) is 0.290. The summed E-state index contributed by atoms with van der Waals surface area (Å²) in [4.78, 5) is 36.5. The number of fused-ring (bicyclic) bond motifs is 4. The molecule has 2 saturated heterocycles. The van der Waals surface area contributed by atoms with E-state index in [1.165, 1.54) is 12.8 Å². The molecule has 6 heterocycles. The molecule has 2 aliphatic carbocycles. The van der Waals surface area contributed by atoms with Crippen LogP contribution in [0.3, 0.4) is 0 Å². The Bertz CT molecular complexity index is 2050. The van der Waals surface area contributed by atoms with Crippen molar-refractivity contribution in [1.29, 1.82) is 5.26 Å². The molecule has 4 aliphatic rings. The summed E-state index contributed by atoms with van der Waals surface area (Å²) in [5.41, 5.74) is 11.5. The number of nitrogens with two attached hydrogens (primary N) is 1. The number of nitrogens with zero attached hydrogens (tertiary/aromatic N) is 9. The van der Waals surface area contributed by atoms with Crippen LogP contribution in [-0.4, -0.2) is 78.7 Å². The predicted octanol–water partition coefficient (Wildman–Crippen LogP) is 3.76. The van der Waals surface area contributed by atoms with Gasteiger partial charge in [-0.3, -0.25) is 4.79 Å². The van der Waals surface area contributed by atoms with E-state index in [1.54, 1.807) is 19.5 Å². The number of hydrogen-bond acceptors (Lipinski definition) is 9. The summed E-state index contributed by atoms with van der Waals surface area (Å²) in [6, 6.07) is 12.2. The van der Waals surface area contributed by atoms with Crippen LogP contribution in [0.5, 0.6) is 5.75 Å². The fraction of sp³-hybridized carbons (Fsp3) is 0.412. The average Bonchev–Trinajstić information content (AvgIpc) is 3.41. The van der Waals surface area contributed by atoms with Crippen LogP contribution < -0.4 is 15.4 Å². The number of piperidine rings is 1. The van der Waals surface area contributed by atoms with Crippen molar-refractivity contribution in [3.8, 4) is 23.3 Å². The third-order valence-corrected chi connectivity index (χ3v) is 10.5. The maximum atomic E-state index is 13.9. The number of amides is 1. The van der Waals surface area contributed by atoms with Crippen LogP contribution >= 0.6 is 0 Å². The first-order valence-corrected chi connectivity index (χ1v) is 16.1. The topological polar surface area (TPSA) is 144 Å². The van der Waals surface area contributed by atoms with E-state index in [9.17, 15) is 4.79 Å². The molecule has 9 rings (SSSR count). The summed E-state index contributed by atoms with van der Waals surface area (Å²) >= 11 is 0. The minimum absolute atomic E-state index is 0.0124. The largest absolute Gasteiger partial charge is 0.494 e. The van der Waals surface area contributed by atoms with Gasteiger partial charge in [0.15, 0.2) is 5.82 Å². The minimum atomic E-state index is -0.0124. The molecule has 0 radical (unpaired) electrons. The maximum Gasteiger partial charge on any atom is 0.254 e. The number of carbonyl (C=O) groups is 1. The molecule has 2 bridgehead atoms. The highest BCUT2D eigenvalue weighted by Gasteiger charge is 2.47. The van der Waals surface area contributed by atoms with Gasteiger partial charge in [-0.2, -0.15) is 5.26 Å². The van der Waals surface area contributed by atoms with Crippen LogP contribution in [0.4, 0.5) is 5.69 Å². The van der Waals surface area contributed by atoms with Crippen molar-refractivity contribution in [2.24, 2.45) is 17.6 Å². The number of carbonyl (C=O) groups excluding carboxylic acids is 1. The SMILES string of the molecule is COc1cc(C(=O)N2CC3CCC2[C@@H]3N)cc2nc(-c3cc4cccnc4n3CC3CC3)n(C3CN(c4cnc(C#N)nc4)C3)c12. The highest BCUT2D eigenvalue weighted by molar-refractivity contribution is 6.00. The fourth-order valence-electron chi connectivity index (χ4n) is 7.84.